The van der Waals surface area contributed by atoms with Gasteiger partial charge in [-0.1, -0.05) is 71.7 Å². The summed E-state index contributed by atoms with van der Waals surface area (Å²) < 4.78 is 59.3. The Morgan fingerprint density at radius 1 is 0.769 bits per heavy atom. The Labute approximate surface area is 413 Å². The van der Waals surface area contributed by atoms with Gasteiger partial charge in [-0.15, -0.1) is 0 Å². The Kier molecular flexibility index (Phi) is 20.7. The van der Waals surface area contributed by atoms with Gasteiger partial charge in [0, 0.05) is 81.3 Å². The molecule has 10 nitrogen and oxygen atoms in total. The van der Waals surface area contributed by atoms with Crippen LogP contribution in [0.1, 0.15) is 41.5 Å². The third-order valence-electron chi connectivity index (χ3n) is 10.4. The molecule has 0 aliphatic carbocycles. The minimum Gasteiger partial charge on any atom is -0.496 e. The molecule has 17 heteroatoms. The molecule has 4 aromatic carbocycles. The molecule has 338 valence electrons. The van der Waals surface area contributed by atoms with Crippen molar-refractivity contribution in [2.24, 2.45) is 0 Å². The first-order valence-corrected chi connectivity index (χ1v) is 20.4. The zero-order valence-electron chi connectivity index (χ0n) is 36.8. The number of carbonyl (C=O) groups is 2. The smallest absolute Gasteiger partial charge is 0.326 e. The number of anilines is 1. The van der Waals surface area contributed by atoms with Gasteiger partial charge in [0.05, 0.1) is 25.3 Å². The summed E-state index contributed by atoms with van der Waals surface area (Å²) in [5, 5.41) is 21.4. The largest absolute Gasteiger partial charge is 0.496 e. The van der Waals surface area contributed by atoms with Crippen LogP contribution in [0, 0.1) is 56.1 Å². The molecule has 2 fully saturated rings. The number of ether oxygens (including phenoxy) is 2. The van der Waals surface area contributed by atoms with Gasteiger partial charge in [0.15, 0.2) is 0 Å². The van der Waals surface area contributed by atoms with Crippen LogP contribution in [-0.2, 0) is 22.4 Å². The quantitative estimate of drug-likeness (QED) is 0.0655. The van der Waals surface area contributed by atoms with Gasteiger partial charge in [0.2, 0.25) is 5.95 Å². The van der Waals surface area contributed by atoms with Gasteiger partial charge in [-0.05, 0) is 109 Å². The zero-order chi connectivity index (χ0) is 46.3. The van der Waals surface area contributed by atoms with Crippen molar-refractivity contribution in [2.75, 3.05) is 32.2 Å². The molecule has 8 rings (SSSR count). The summed E-state index contributed by atoms with van der Waals surface area (Å²) >= 11 is 12.1. The maximum atomic E-state index is 15.4. The van der Waals surface area contributed by atoms with Gasteiger partial charge >= 0.3 is 11.9 Å². The standard InChI is InChI=1S/C23H20ClFN2O3.C19H14ClF2NO.C5H9NO2.CH3.BH.U/c1-30-19-7-6-16(22(25)21(19)15-3-2-4-17(24)12-15)11-14-5-8-20(26-13-14)27-10-9-18(27)23(28)29;1-24-16-7-6-14(9-12-5-8-17(21)23-11-12)19(22)18(16)13-3-2-4-15(20)10-13;7-5(8)4-2-1-3-6-4;;;/h2-8,12-13,18H,9-11H2,1H3,(H,28,29);2-8,10-11H,9H2,1H3;4,6H,1-3H2,(H,7,8);1H3;1H;/q;;;-1;;/t18-;;4-;;;/m0.1.../s1/i;;;;1D;. The van der Waals surface area contributed by atoms with E-state index in [9.17, 15) is 19.1 Å². The van der Waals surface area contributed by atoms with Gasteiger partial charge in [-0.25, -0.2) is 23.5 Å². The van der Waals surface area contributed by atoms with Gasteiger partial charge in [-0.3, -0.25) is 4.79 Å². The summed E-state index contributed by atoms with van der Waals surface area (Å²) in [6.07, 6.45) is 6.11. The summed E-state index contributed by atoms with van der Waals surface area (Å²) in [4.78, 5) is 31.1. The summed E-state index contributed by atoms with van der Waals surface area (Å²) in [6.45, 7) is 1.52. The van der Waals surface area contributed by atoms with Crippen molar-refractivity contribution in [1.29, 1.82) is 1.34 Å². The van der Waals surface area contributed by atoms with Crippen molar-refractivity contribution >= 4 is 49.3 Å². The third kappa shape index (κ3) is 14.0. The van der Waals surface area contributed by atoms with Crippen molar-refractivity contribution in [2.45, 2.75) is 44.2 Å². The number of hydrogen-bond acceptors (Lipinski definition) is 8. The number of methoxy groups -OCH3 is 2. The average molecular weight is 1150 g/mol. The predicted molar refractivity (Wildman–Crippen MR) is 246 cm³/mol. The van der Waals surface area contributed by atoms with Crippen LogP contribution in [0.5, 0.6) is 11.5 Å². The fourth-order valence-electron chi connectivity index (χ4n) is 7.10. The molecule has 65 heavy (non-hydrogen) atoms. The van der Waals surface area contributed by atoms with Gasteiger partial charge in [-0.2, -0.15) is 4.39 Å². The van der Waals surface area contributed by atoms with E-state index in [0.717, 1.165) is 30.5 Å². The van der Waals surface area contributed by atoms with E-state index in [1.165, 1.54) is 26.5 Å². The molecule has 2 aliphatic rings. The minimum absolute atomic E-state index is 0. The van der Waals surface area contributed by atoms with E-state index >= 15 is 8.78 Å². The SMILES string of the molecule is COc1ccc(Cc2ccc(F)nc2)c(F)c1-c1cccc(Cl)c1.COc1ccc(Cc2ccc(N3CC[C@H]3C(=O)O)nc2)c(F)c1-c1cccc(Cl)c1.O=C(O)[C@H]1CCCN1.[2H][B].[CH3-].[U]. The van der Waals surface area contributed by atoms with Crippen LogP contribution < -0.4 is 19.7 Å². The number of aromatic nitrogens is 2. The maximum absolute atomic E-state index is 15.4. The number of halogens is 5. The van der Waals surface area contributed by atoms with Gasteiger partial charge < -0.3 is 37.3 Å². The van der Waals surface area contributed by atoms with Crippen LogP contribution in [0.4, 0.5) is 19.0 Å². The van der Waals surface area contributed by atoms with Gasteiger partial charge in [0.25, 0.3) is 0 Å². The Balaban J connectivity index is 0.000000287. The number of rotatable bonds is 11. The van der Waals surface area contributed by atoms with E-state index in [2.05, 4.69) is 23.7 Å². The number of pyridine rings is 2. The molecule has 2 saturated heterocycles. The van der Waals surface area contributed by atoms with E-state index in [-0.39, 0.29) is 56.2 Å². The maximum Gasteiger partial charge on any atom is 0.326 e. The topological polar surface area (TPSA) is 134 Å². The average Bonchev–Trinajstić information content (AvgIpc) is 3.83. The first-order valence-electron chi connectivity index (χ1n) is 20.2. The summed E-state index contributed by atoms with van der Waals surface area (Å²) in [5.41, 5.74) is 4.52. The molecule has 0 unspecified atom stereocenters. The zero-order valence-corrected chi connectivity index (χ0v) is 41.5. The Morgan fingerprint density at radius 2 is 1.29 bits per heavy atom. The Bertz CT molecular complexity index is 2530. The molecule has 3 N–H and O–H groups in total. The van der Waals surface area contributed by atoms with Crippen molar-refractivity contribution in [1.82, 2.24) is 15.3 Å². The Hall–Kier alpha value is -5.03. The van der Waals surface area contributed by atoms with Crippen LogP contribution in [0.2, 0.25) is 10.0 Å². The molecule has 0 saturated carbocycles. The number of benzene rings is 4. The normalized spacial score (nSPS) is 14.7. The fourth-order valence-corrected chi connectivity index (χ4v) is 7.48. The Morgan fingerprint density at radius 3 is 1.65 bits per heavy atom. The van der Waals surface area contributed by atoms with Crippen LogP contribution in [-0.4, -0.2) is 81.2 Å². The van der Waals surface area contributed by atoms with Crippen LogP contribution in [0.15, 0.2) is 109 Å². The molecule has 2 radical (unpaired) electrons. The van der Waals surface area contributed by atoms with Crippen molar-refractivity contribution in [3.05, 3.63) is 167 Å². The van der Waals surface area contributed by atoms with Crippen molar-refractivity contribution in [3.8, 4) is 33.8 Å². The molecule has 2 aromatic heterocycles. The minimum atomic E-state index is -0.846. The second-order valence-corrected chi connectivity index (χ2v) is 15.3. The summed E-state index contributed by atoms with van der Waals surface area (Å²) in [5.74, 6) is -1.40. The summed E-state index contributed by atoms with van der Waals surface area (Å²) in [6, 6.07) is 26.4. The molecular weight excluding hydrogens is 1110 g/mol. The molecule has 0 bridgehead atoms. The number of nitrogens with one attached hydrogen (secondary N) is 1. The molecule has 2 aliphatic heterocycles. The molecule has 6 aromatic rings. The van der Waals surface area contributed by atoms with Crippen LogP contribution in [0.3, 0.4) is 0 Å². The number of carboxylic acids is 2. The second kappa shape index (κ2) is 25.6. The number of carboxylic acid groups (broad SMARTS) is 2. The third-order valence-corrected chi connectivity index (χ3v) is 10.8. The second-order valence-electron chi connectivity index (χ2n) is 14.4. The van der Waals surface area contributed by atoms with E-state index in [4.69, 9.17) is 39.1 Å². The van der Waals surface area contributed by atoms with E-state index in [1.54, 1.807) is 96.0 Å². The molecular formula is C48H47BCl2F3N4O6U-. The molecule has 4 heterocycles. The number of hydrogen-bond donors (Lipinski definition) is 3. The fraction of sp³-hybridized carbons (Fsp3) is 0.229. The first-order chi connectivity index (χ1) is 30.9. The van der Waals surface area contributed by atoms with E-state index < -0.39 is 23.9 Å². The van der Waals surface area contributed by atoms with E-state index in [0.29, 0.717) is 86.6 Å². The van der Waals surface area contributed by atoms with Crippen molar-refractivity contribution < 1.29 is 73.6 Å². The monoisotopic (exact) mass is 1150 g/mol. The number of aliphatic carboxylic acids is 2. The first kappa shape index (κ1) is 52.6. The molecule has 0 spiro atoms. The van der Waals surface area contributed by atoms with Crippen molar-refractivity contribution in [3.63, 3.8) is 0 Å². The number of nitrogens with zero attached hydrogens (tertiary/aromatic N) is 3. The predicted octanol–water partition coefficient (Wildman–Crippen LogP) is 9.71. The van der Waals surface area contributed by atoms with Crippen LogP contribution in [0.25, 0.3) is 22.3 Å². The summed E-state index contributed by atoms with van der Waals surface area (Å²) in [7, 11) is 6.75. The molecule has 2 atom stereocenters. The van der Waals surface area contributed by atoms with E-state index in [1.807, 2.05) is 6.07 Å². The molecule has 0 amide bonds. The van der Waals surface area contributed by atoms with Gasteiger partial charge in [0.1, 0.15) is 41.0 Å². The van der Waals surface area contributed by atoms with Crippen LogP contribution >= 0.6 is 23.2 Å².